The summed E-state index contributed by atoms with van der Waals surface area (Å²) in [6.45, 7) is 6.80. The van der Waals surface area contributed by atoms with Crippen LogP contribution in [0.2, 0.25) is 0 Å². The first-order valence-electron chi connectivity index (χ1n) is 11.1. The molecule has 170 valence electrons. The first-order valence-corrected chi connectivity index (χ1v) is 12.6. The second kappa shape index (κ2) is 9.57. The number of para-hydroxylation sites is 1. The Bertz CT molecular complexity index is 1190. The van der Waals surface area contributed by atoms with E-state index in [1.165, 1.54) is 4.31 Å². The van der Waals surface area contributed by atoms with Crippen molar-refractivity contribution in [3.8, 4) is 0 Å². The average Bonchev–Trinajstić information content (AvgIpc) is 3.16. The SMILES string of the molecule is CC(C)Cn1cc(C(=O)CCc2ccc(S(=O)(=O)N3CCOCC3)cc2)c2ccccc21. The van der Waals surface area contributed by atoms with Crippen LogP contribution < -0.4 is 0 Å². The Balaban J connectivity index is 1.46. The van der Waals surface area contributed by atoms with E-state index in [1.54, 1.807) is 12.1 Å². The fourth-order valence-corrected chi connectivity index (χ4v) is 5.58. The number of fused-ring (bicyclic) bond motifs is 1. The number of aryl methyl sites for hydroxylation is 1. The molecular formula is C25H30N2O4S. The molecule has 1 aromatic heterocycles. The molecule has 0 unspecified atom stereocenters. The van der Waals surface area contributed by atoms with Crippen molar-refractivity contribution in [1.29, 1.82) is 0 Å². The average molecular weight is 455 g/mol. The fourth-order valence-electron chi connectivity index (χ4n) is 4.17. The highest BCUT2D eigenvalue weighted by Gasteiger charge is 2.26. The van der Waals surface area contributed by atoms with E-state index >= 15 is 0 Å². The lowest BCUT2D eigenvalue weighted by Gasteiger charge is -2.26. The van der Waals surface area contributed by atoms with Crippen molar-refractivity contribution in [3.05, 3.63) is 65.9 Å². The normalized spacial score (nSPS) is 15.5. The molecular weight excluding hydrogens is 424 g/mol. The van der Waals surface area contributed by atoms with Crippen LogP contribution >= 0.6 is 0 Å². The molecule has 1 fully saturated rings. The van der Waals surface area contributed by atoms with E-state index in [1.807, 2.05) is 36.5 Å². The number of sulfonamides is 1. The number of carbonyl (C=O) groups is 1. The van der Waals surface area contributed by atoms with Gasteiger partial charge in [0.05, 0.1) is 18.1 Å². The van der Waals surface area contributed by atoms with Gasteiger partial charge in [-0.15, -0.1) is 0 Å². The summed E-state index contributed by atoms with van der Waals surface area (Å²) in [5, 5.41) is 0.991. The second-order valence-corrected chi connectivity index (χ2v) is 10.6. The van der Waals surface area contributed by atoms with E-state index in [-0.39, 0.29) is 10.7 Å². The number of hydrogen-bond acceptors (Lipinski definition) is 4. The van der Waals surface area contributed by atoms with Crippen molar-refractivity contribution in [2.24, 2.45) is 5.92 Å². The maximum absolute atomic E-state index is 13.0. The van der Waals surface area contributed by atoms with Gasteiger partial charge in [-0.1, -0.05) is 44.2 Å². The van der Waals surface area contributed by atoms with Crippen LogP contribution in [0.5, 0.6) is 0 Å². The second-order valence-electron chi connectivity index (χ2n) is 8.69. The molecule has 0 spiro atoms. The molecule has 1 aliphatic rings. The number of benzene rings is 2. The Morgan fingerprint density at radius 2 is 1.72 bits per heavy atom. The lowest BCUT2D eigenvalue weighted by Crippen LogP contribution is -2.40. The highest BCUT2D eigenvalue weighted by atomic mass is 32.2. The van der Waals surface area contributed by atoms with Gasteiger partial charge >= 0.3 is 0 Å². The summed E-state index contributed by atoms with van der Waals surface area (Å²) in [5.74, 6) is 0.592. The predicted octanol–water partition coefficient (Wildman–Crippen LogP) is 4.13. The third-order valence-electron chi connectivity index (χ3n) is 5.82. The van der Waals surface area contributed by atoms with Crippen molar-refractivity contribution in [2.45, 2.75) is 38.1 Å². The molecule has 0 bridgehead atoms. The predicted molar refractivity (Wildman–Crippen MR) is 125 cm³/mol. The fraction of sp³-hybridized carbons (Fsp3) is 0.400. The number of morpholine rings is 1. The van der Waals surface area contributed by atoms with Crippen LogP contribution in [0.1, 0.15) is 36.2 Å². The van der Waals surface area contributed by atoms with Crippen LogP contribution in [0.4, 0.5) is 0 Å². The summed E-state index contributed by atoms with van der Waals surface area (Å²) in [6.07, 6.45) is 2.93. The van der Waals surface area contributed by atoms with Gasteiger partial charge in [0.15, 0.2) is 5.78 Å². The van der Waals surface area contributed by atoms with Gasteiger partial charge in [-0.2, -0.15) is 4.31 Å². The number of hydrogen-bond donors (Lipinski definition) is 0. The molecule has 1 aliphatic heterocycles. The van der Waals surface area contributed by atoms with Gasteiger partial charge in [-0.05, 0) is 36.1 Å². The van der Waals surface area contributed by atoms with E-state index in [9.17, 15) is 13.2 Å². The summed E-state index contributed by atoms with van der Waals surface area (Å²) in [4.78, 5) is 13.3. The van der Waals surface area contributed by atoms with Crippen molar-refractivity contribution in [2.75, 3.05) is 26.3 Å². The Hall–Kier alpha value is -2.48. The zero-order valence-electron chi connectivity index (χ0n) is 18.7. The highest BCUT2D eigenvalue weighted by Crippen LogP contribution is 2.24. The summed E-state index contributed by atoms with van der Waals surface area (Å²) in [5.41, 5.74) is 2.79. The van der Waals surface area contributed by atoms with E-state index in [0.29, 0.717) is 45.1 Å². The summed E-state index contributed by atoms with van der Waals surface area (Å²) in [6, 6.07) is 14.9. The minimum Gasteiger partial charge on any atom is -0.379 e. The Labute approximate surface area is 189 Å². The number of Topliss-reactive ketones (excluding diaryl/α,β-unsaturated/α-hetero) is 1. The Morgan fingerprint density at radius 1 is 1.03 bits per heavy atom. The zero-order valence-corrected chi connectivity index (χ0v) is 19.5. The summed E-state index contributed by atoms with van der Waals surface area (Å²) >= 11 is 0. The smallest absolute Gasteiger partial charge is 0.243 e. The maximum Gasteiger partial charge on any atom is 0.243 e. The number of rotatable bonds is 8. The maximum atomic E-state index is 13.0. The van der Waals surface area contributed by atoms with Crippen LogP contribution in [0.25, 0.3) is 10.9 Å². The molecule has 6 nitrogen and oxygen atoms in total. The molecule has 3 aromatic rings. The molecule has 4 rings (SSSR count). The van der Waals surface area contributed by atoms with Gasteiger partial charge in [0.1, 0.15) is 0 Å². The Morgan fingerprint density at radius 3 is 2.41 bits per heavy atom. The number of nitrogens with zero attached hydrogens (tertiary/aromatic N) is 2. The quantitative estimate of drug-likeness (QED) is 0.480. The van der Waals surface area contributed by atoms with Gasteiger partial charge < -0.3 is 9.30 Å². The number of ketones is 1. The molecule has 0 atom stereocenters. The summed E-state index contributed by atoms with van der Waals surface area (Å²) < 4.78 is 34.4. The lowest BCUT2D eigenvalue weighted by atomic mass is 10.0. The summed E-state index contributed by atoms with van der Waals surface area (Å²) in [7, 11) is -3.50. The van der Waals surface area contributed by atoms with Gasteiger partial charge in [-0.3, -0.25) is 4.79 Å². The third-order valence-corrected chi connectivity index (χ3v) is 7.74. The molecule has 2 heterocycles. The monoisotopic (exact) mass is 454 g/mol. The van der Waals surface area contributed by atoms with Crippen molar-refractivity contribution in [1.82, 2.24) is 8.87 Å². The zero-order chi connectivity index (χ0) is 22.7. The van der Waals surface area contributed by atoms with E-state index < -0.39 is 10.0 Å². The molecule has 2 aromatic carbocycles. The largest absolute Gasteiger partial charge is 0.379 e. The molecule has 0 amide bonds. The molecule has 1 saturated heterocycles. The number of aromatic nitrogens is 1. The molecule has 0 radical (unpaired) electrons. The lowest BCUT2D eigenvalue weighted by molar-refractivity contribution is 0.0730. The van der Waals surface area contributed by atoms with Gasteiger partial charge in [-0.25, -0.2) is 8.42 Å². The molecule has 0 saturated carbocycles. The van der Waals surface area contributed by atoms with Gasteiger partial charge in [0.25, 0.3) is 0 Å². The van der Waals surface area contributed by atoms with E-state index in [4.69, 9.17) is 4.74 Å². The van der Waals surface area contributed by atoms with Gasteiger partial charge in [0.2, 0.25) is 10.0 Å². The van der Waals surface area contributed by atoms with E-state index in [0.717, 1.165) is 28.6 Å². The highest BCUT2D eigenvalue weighted by molar-refractivity contribution is 7.89. The first kappa shape index (κ1) is 22.7. The van der Waals surface area contributed by atoms with Crippen LogP contribution in [0.3, 0.4) is 0 Å². The van der Waals surface area contributed by atoms with Crippen molar-refractivity contribution >= 4 is 26.7 Å². The Kier molecular flexibility index (Phi) is 6.79. The minimum absolute atomic E-state index is 0.105. The number of carbonyl (C=O) groups excluding carboxylic acids is 1. The topological polar surface area (TPSA) is 68.6 Å². The molecule has 0 N–H and O–H groups in total. The van der Waals surface area contributed by atoms with Crippen LogP contribution in [0, 0.1) is 5.92 Å². The standard InChI is InChI=1S/C25H30N2O4S/c1-19(2)17-26-18-23(22-5-3-4-6-24(22)26)25(28)12-9-20-7-10-21(11-8-20)32(29,30)27-13-15-31-16-14-27/h3-8,10-11,18-19H,9,12-17H2,1-2H3. The van der Waals surface area contributed by atoms with Crippen LogP contribution in [0.15, 0.2) is 59.6 Å². The minimum atomic E-state index is -3.50. The van der Waals surface area contributed by atoms with Crippen molar-refractivity contribution in [3.63, 3.8) is 0 Å². The first-order chi connectivity index (χ1) is 15.4. The molecule has 32 heavy (non-hydrogen) atoms. The molecule has 0 aliphatic carbocycles. The van der Waals surface area contributed by atoms with Crippen molar-refractivity contribution < 1.29 is 17.9 Å². The number of ether oxygens (including phenoxy) is 1. The van der Waals surface area contributed by atoms with Crippen LogP contribution in [-0.2, 0) is 27.7 Å². The van der Waals surface area contributed by atoms with Crippen LogP contribution in [-0.4, -0.2) is 49.4 Å². The van der Waals surface area contributed by atoms with Gasteiger partial charge in [0, 0.05) is 48.7 Å². The van der Waals surface area contributed by atoms with E-state index in [2.05, 4.69) is 24.5 Å². The third kappa shape index (κ3) is 4.80. The molecule has 7 heteroatoms.